The number of hydrogen-bond donors (Lipinski definition) is 1. The van der Waals surface area contributed by atoms with Crippen molar-refractivity contribution in [3.05, 3.63) is 38.9 Å². The van der Waals surface area contributed by atoms with Gasteiger partial charge in [-0.25, -0.2) is 9.78 Å². The van der Waals surface area contributed by atoms with E-state index in [9.17, 15) is 4.79 Å². The van der Waals surface area contributed by atoms with Crippen LogP contribution in [0.2, 0.25) is 10.0 Å². The lowest BCUT2D eigenvalue weighted by Gasteiger charge is -2.03. The Hall–Kier alpha value is -1.10. The average Bonchev–Trinajstić information content (AvgIpc) is 2.77. The number of aromatic nitrogens is 1. The van der Waals surface area contributed by atoms with Gasteiger partial charge in [-0.15, -0.1) is 11.3 Å². The fourth-order valence-corrected chi connectivity index (χ4v) is 3.00. The van der Waals surface area contributed by atoms with Gasteiger partial charge in [-0.1, -0.05) is 42.3 Å². The molecule has 2 rings (SSSR count). The molecular formula is C12H9Cl2NO2S. The molecule has 1 heterocycles. The van der Waals surface area contributed by atoms with Crippen LogP contribution in [0.25, 0.3) is 10.4 Å². The van der Waals surface area contributed by atoms with E-state index in [0.29, 0.717) is 26.9 Å². The molecule has 1 N–H and O–H groups in total. The van der Waals surface area contributed by atoms with Crippen LogP contribution in [0.4, 0.5) is 0 Å². The van der Waals surface area contributed by atoms with Crippen LogP contribution in [-0.4, -0.2) is 16.1 Å². The summed E-state index contributed by atoms with van der Waals surface area (Å²) < 4.78 is 0. The zero-order chi connectivity index (χ0) is 13.3. The SMILES string of the molecule is CCc1nc(C(=O)O)c(-c2cccc(Cl)c2Cl)s1. The summed E-state index contributed by atoms with van der Waals surface area (Å²) in [5.74, 6) is -1.06. The summed E-state index contributed by atoms with van der Waals surface area (Å²) in [6.45, 7) is 1.92. The predicted octanol–water partition coefficient (Wildman–Crippen LogP) is 4.38. The van der Waals surface area contributed by atoms with Gasteiger partial charge in [-0.2, -0.15) is 0 Å². The van der Waals surface area contributed by atoms with Crippen LogP contribution in [0.5, 0.6) is 0 Å². The molecule has 0 fully saturated rings. The number of halogens is 2. The van der Waals surface area contributed by atoms with Crippen molar-refractivity contribution < 1.29 is 9.90 Å². The molecule has 18 heavy (non-hydrogen) atoms. The zero-order valence-corrected chi connectivity index (χ0v) is 11.7. The van der Waals surface area contributed by atoms with Crippen molar-refractivity contribution >= 4 is 40.5 Å². The van der Waals surface area contributed by atoms with Crippen LogP contribution >= 0.6 is 34.5 Å². The topological polar surface area (TPSA) is 50.2 Å². The van der Waals surface area contributed by atoms with E-state index >= 15 is 0 Å². The van der Waals surface area contributed by atoms with E-state index in [0.717, 1.165) is 5.01 Å². The van der Waals surface area contributed by atoms with Gasteiger partial charge in [-0.3, -0.25) is 0 Å². The molecule has 6 heteroatoms. The molecule has 0 bridgehead atoms. The Morgan fingerprint density at radius 2 is 2.17 bits per heavy atom. The molecule has 2 aromatic rings. The van der Waals surface area contributed by atoms with E-state index in [1.807, 2.05) is 6.92 Å². The lowest BCUT2D eigenvalue weighted by atomic mass is 10.1. The highest BCUT2D eigenvalue weighted by Crippen LogP contribution is 2.38. The van der Waals surface area contributed by atoms with Gasteiger partial charge in [-0.05, 0) is 12.5 Å². The van der Waals surface area contributed by atoms with Crippen molar-refractivity contribution in [1.82, 2.24) is 4.98 Å². The van der Waals surface area contributed by atoms with Gasteiger partial charge in [0.2, 0.25) is 0 Å². The zero-order valence-electron chi connectivity index (χ0n) is 9.41. The average molecular weight is 302 g/mol. The number of aryl methyl sites for hydroxylation is 1. The molecule has 0 aliphatic heterocycles. The third-order valence-electron chi connectivity index (χ3n) is 2.37. The van der Waals surface area contributed by atoms with Gasteiger partial charge in [0.15, 0.2) is 5.69 Å². The summed E-state index contributed by atoms with van der Waals surface area (Å²) in [5.41, 5.74) is 0.639. The summed E-state index contributed by atoms with van der Waals surface area (Å²) in [5, 5.41) is 10.7. The van der Waals surface area contributed by atoms with Crippen LogP contribution in [0.3, 0.4) is 0 Å². The first-order valence-corrected chi connectivity index (χ1v) is 6.79. The number of benzene rings is 1. The van der Waals surface area contributed by atoms with E-state index in [4.69, 9.17) is 28.3 Å². The number of thiazole rings is 1. The number of carboxylic acids is 1. The van der Waals surface area contributed by atoms with Crippen LogP contribution in [-0.2, 0) is 6.42 Å². The van der Waals surface area contributed by atoms with E-state index < -0.39 is 5.97 Å². The van der Waals surface area contributed by atoms with E-state index in [2.05, 4.69) is 4.98 Å². The van der Waals surface area contributed by atoms with Crippen molar-refractivity contribution in [2.75, 3.05) is 0 Å². The van der Waals surface area contributed by atoms with Gasteiger partial charge in [0.25, 0.3) is 0 Å². The quantitative estimate of drug-likeness (QED) is 0.915. The molecule has 0 saturated carbocycles. The van der Waals surface area contributed by atoms with E-state index in [1.165, 1.54) is 11.3 Å². The molecule has 0 unspecified atom stereocenters. The fraction of sp³-hybridized carbons (Fsp3) is 0.167. The molecule has 0 saturated heterocycles. The second-order valence-corrected chi connectivity index (χ2v) is 5.41. The predicted molar refractivity (Wildman–Crippen MR) is 73.9 cm³/mol. The van der Waals surface area contributed by atoms with Gasteiger partial charge >= 0.3 is 5.97 Å². The minimum absolute atomic E-state index is 0.0287. The van der Waals surface area contributed by atoms with E-state index in [1.54, 1.807) is 18.2 Å². The molecule has 1 aromatic carbocycles. The Balaban J connectivity index is 2.66. The molecule has 0 atom stereocenters. The smallest absolute Gasteiger partial charge is 0.356 e. The maximum absolute atomic E-state index is 11.2. The fourth-order valence-electron chi connectivity index (χ4n) is 1.52. The molecule has 0 spiro atoms. The van der Waals surface area contributed by atoms with E-state index in [-0.39, 0.29) is 5.69 Å². The third kappa shape index (κ3) is 2.36. The second-order valence-electron chi connectivity index (χ2n) is 3.55. The summed E-state index contributed by atoms with van der Waals surface area (Å²) in [4.78, 5) is 15.8. The Bertz CT molecular complexity index is 610. The van der Waals surface area contributed by atoms with Crippen molar-refractivity contribution in [1.29, 1.82) is 0 Å². The van der Waals surface area contributed by atoms with Gasteiger partial charge in [0.1, 0.15) is 0 Å². The summed E-state index contributed by atoms with van der Waals surface area (Å²) in [7, 11) is 0. The minimum atomic E-state index is -1.06. The first-order chi connectivity index (χ1) is 8.54. The molecule has 3 nitrogen and oxygen atoms in total. The molecule has 0 aliphatic rings. The van der Waals surface area contributed by atoms with Crippen LogP contribution in [0, 0.1) is 0 Å². The normalized spacial score (nSPS) is 10.6. The number of carbonyl (C=O) groups is 1. The van der Waals surface area contributed by atoms with Crippen molar-refractivity contribution in [2.45, 2.75) is 13.3 Å². The van der Waals surface area contributed by atoms with Crippen molar-refractivity contribution in [3.63, 3.8) is 0 Å². The monoisotopic (exact) mass is 301 g/mol. The Morgan fingerprint density at radius 1 is 1.44 bits per heavy atom. The van der Waals surface area contributed by atoms with Gasteiger partial charge in [0, 0.05) is 5.56 Å². The number of nitrogens with zero attached hydrogens (tertiary/aromatic N) is 1. The Labute approximate surface area is 118 Å². The third-order valence-corrected chi connectivity index (χ3v) is 4.42. The molecule has 0 radical (unpaired) electrons. The summed E-state index contributed by atoms with van der Waals surface area (Å²) in [6.07, 6.45) is 0.684. The van der Waals surface area contributed by atoms with Crippen molar-refractivity contribution in [3.8, 4) is 10.4 Å². The summed E-state index contributed by atoms with van der Waals surface area (Å²) >= 11 is 13.4. The number of carboxylic acid groups (broad SMARTS) is 1. The van der Waals surface area contributed by atoms with Crippen LogP contribution in [0.1, 0.15) is 22.4 Å². The molecule has 1 aromatic heterocycles. The largest absolute Gasteiger partial charge is 0.476 e. The first kappa shape index (κ1) is 13.3. The Morgan fingerprint density at radius 3 is 2.78 bits per heavy atom. The minimum Gasteiger partial charge on any atom is -0.476 e. The molecule has 0 aliphatic carbocycles. The van der Waals surface area contributed by atoms with Gasteiger partial charge in [0.05, 0.1) is 19.9 Å². The number of aromatic carboxylic acids is 1. The first-order valence-electron chi connectivity index (χ1n) is 5.22. The van der Waals surface area contributed by atoms with Crippen LogP contribution < -0.4 is 0 Å². The number of hydrogen-bond acceptors (Lipinski definition) is 3. The summed E-state index contributed by atoms with van der Waals surface area (Å²) in [6, 6.07) is 5.14. The standard InChI is InChI=1S/C12H9Cl2NO2S/c1-2-8-15-10(12(16)17)11(18-8)6-4-3-5-7(13)9(6)14/h3-5H,2H2,1H3,(H,16,17). The molecule has 94 valence electrons. The highest BCUT2D eigenvalue weighted by atomic mass is 35.5. The van der Waals surface area contributed by atoms with Crippen LogP contribution in [0.15, 0.2) is 18.2 Å². The Kier molecular flexibility index (Phi) is 3.90. The van der Waals surface area contributed by atoms with Crippen molar-refractivity contribution in [2.24, 2.45) is 0 Å². The highest BCUT2D eigenvalue weighted by Gasteiger charge is 2.20. The maximum atomic E-state index is 11.2. The molecular weight excluding hydrogens is 293 g/mol. The number of rotatable bonds is 3. The second kappa shape index (κ2) is 5.26. The lowest BCUT2D eigenvalue weighted by molar-refractivity contribution is 0.0692. The molecule has 0 amide bonds. The maximum Gasteiger partial charge on any atom is 0.356 e. The van der Waals surface area contributed by atoms with Gasteiger partial charge < -0.3 is 5.11 Å². The highest BCUT2D eigenvalue weighted by molar-refractivity contribution is 7.15. The lowest BCUT2D eigenvalue weighted by Crippen LogP contribution is -1.99.